The lowest BCUT2D eigenvalue weighted by molar-refractivity contribution is 0.102. The fraction of sp³-hybridized carbons (Fsp3) is 0.118. The van der Waals surface area contributed by atoms with Crippen molar-refractivity contribution in [2.24, 2.45) is 0 Å². The molecule has 0 radical (unpaired) electrons. The van der Waals surface area contributed by atoms with Gasteiger partial charge in [-0.15, -0.1) is 6.58 Å². The van der Waals surface area contributed by atoms with Crippen molar-refractivity contribution >= 4 is 23.0 Å². The zero-order chi connectivity index (χ0) is 14.8. The molecule has 1 heterocycles. The third kappa shape index (κ3) is 2.25. The first-order valence-corrected chi connectivity index (χ1v) is 6.71. The number of nitrogens with zero attached hydrogens (tertiary/aromatic N) is 1. The number of ether oxygens (including phenoxy) is 1. The molecule has 4 nitrogen and oxygen atoms in total. The smallest absolute Gasteiger partial charge is 0.257 e. The van der Waals surface area contributed by atoms with Crippen LogP contribution in [-0.2, 0) is 0 Å². The quantitative estimate of drug-likeness (QED) is 0.874. The van der Waals surface area contributed by atoms with Crippen molar-refractivity contribution in [3.63, 3.8) is 0 Å². The highest BCUT2D eigenvalue weighted by molar-refractivity contribution is 6.12. The summed E-state index contributed by atoms with van der Waals surface area (Å²) >= 11 is 0. The van der Waals surface area contributed by atoms with Crippen LogP contribution in [0, 0.1) is 0 Å². The summed E-state index contributed by atoms with van der Waals surface area (Å²) < 4.78 is 5.30. The Morgan fingerprint density at radius 2 is 2.05 bits per heavy atom. The summed E-state index contributed by atoms with van der Waals surface area (Å²) in [6.45, 7) is 4.42. The van der Waals surface area contributed by atoms with E-state index in [1.165, 1.54) is 0 Å². The molecular formula is C17H16N2O2. The van der Waals surface area contributed by atoms with Crippen molar-refractivity contribution in [2.45, 2.75) is 0 Å². The Balaban J connectivity index is 2.24. The number of fused-ring (bicyclic) bond motifs is 2. The number of benzene rings is 2. The van der Waals surface area contributed by atoms with Gasteiger partial charge in [-0.3, -0.25) is 4.79 Å². The van der Waals surface area contributed by atoms with Crippen molar-refractivity contribution in [1.29, 1.82) is 0 Å². The molecule has 0 fully saturated rings. The van der Waals surface area contributed by atoms with Gasteiger partial charge in [0.1, 0.15) is 5.75 Å². The van der Waals surface area contributed by atoms with Gasteiger partial charge in [-0.25, -0.2) is 0 Å². The second kappa shape index (κ2) is 5.32. The molecule has 2 aromatic rings. The van der Waals surface area contributed by atoms with Crippen LogP contribution in [0.2, 0.25) is 0 Å². The fourth-order valence-electron chi connectivity index (χ4n) is 2.51. The third-order valence-electron chi connectivity index (χ3n) is 3.50. The monoisotopic (exact) mass is 280 g/mol. The lowest BCUT2D eigenvalue weighted by atomic mass is 10.1. The maximum absolute atomic E-state index is 12.4. The summed E-state index contributed by atoms with van der Waals surface area (Å²) in [6.07, 6.45) is 1.82. The zero-order valence-corrected chi connectivity index (χ0v) is 11.8. The third-order valence-corrected chi connectivity index (χ3v) is 3.50. The van der Waals surface area contributed by atoms with Gasteiger partial charge in [0, 0.05) is 12.6 Å². The molecule has 0 saturated carbocycles. The largest absolute Gasteiger partial charge is 0.497 e. The molecule has 1 N–H and O–H groups in total. The summed E-state index contributed by atoms with van der Waals surface area (Å²) in [7, 11) is 1.63. The van der Waals surface area contributed by atoms with E-state index >= 15 is 0 Å². The normalized spacial score (nSPS) is 12.8. The minimum absolute atomic E-state index is 0.108. The molecule has 2 aromatic carbocycles. The van der Waals surface area contributed by atoms with Crippen LogP contribution >= 0.6 is 0 Å². The van der Waals surface area contributed by atoms with E-state index in [-0.39, 0.29) is 5.91 Å². The van der Waals surface area contributed by atoms with Gasteiger partial charge >= 0.3 is 0 Å². The van der Waals surface area contributed by atoms with Gasteiger partial charge in [-0.2, -0.15) is 0 Å². The Bertz CT molecular complexity index is 710. The van der Waals surface area contributed by atoms with E-state index in [0.717, 1.165) is 22.8 Å². The number of methoxy groups -OCH3 is 1. The van der Waals surface area contributed by atoms with Gasteiger partial charge in [0.25, 0.3) is 5.91 Å². The van der Waals surface area contributed by atoms with E-state index in [1.54, 1.807) is 7.11 Å². The Hall–Kier alpha value is -2.75. The maximum atomic E-state index is 12.4. The van der Waals surface area contributed by atoms with E-state index in [2.05, 4.69) is 16.8 Å². The Labute approximate surface area is 123 Å². The highest BCUT2D eigenvalue weighted by Crippen LogP contribution is 2.39. The van der Waals surface area contributed by atoms with Crippen LogP contribution in [-0.4, -0.2) is 19.6 Å². The van der Waals surface area contributed by atoms with Gasteiger partial charge in [-0.05, 0) is 24.3 Å². The molecule has 0 saturated heterocycles. The Morgan fingerprint density at radius 3 is 2.81 bits per heavy atom. The van der Waals surface area contributed by atoms with E-state index < -0.39 is 0 Å². The highest BCUT2D eigenvalue weighted by Gasteiger charge is 2.24. The van der Waals surface area contributed by atoms with Crippen LogP contribution in [0.25, 0.3) is 0 Å². The molecule has 106 valence electrons. The average molecular weight is 280 g/mol. The van der Waals surface area contributed by atoms with Gasteiger partial charge in [-0.1, -0.05) is 18.2 Å². The van der Waals surface area contributed by atoms with Crippen molar-refractivity contribution < 1.29 is 9.53 Å². The van der Waals surface area contributed by atoms with Crippen LogP contribution in [0.4, 0.5) is 17.1 Å². The predicted octanol–water partition coefficient (Wildman–Crippen LogP) is 3.59. The highest BCUT2D eigenvalue weighted by atomic mass is 16.5. The molecule has 1 amide bonds. The minimum atomic E-state index is -0.108. The second-order valence-electron chi connectivity index (χ2n) is 4.75. The number of hydrogen-bond donors (Lipinski definition) is 1. The van der Waals surface area contributed by atoms with Gasteiger partial charge in [0.2, 0.25) is 0 Å². The summed E-state index contributed by atoms with van der Waals surface area (Å²) in [5, 5.41) is 2.95. The number of carbonyl (C=O) groups excluding carboxylic acids is 1. The molecule has 1 aliphatic rings. The molecule has 4 heteroatoms. The van der Waals surface area contributed by atoms with Gasteiger partial charge in [0.05, 0.1) is 29.7 Å². The summed E-state index contributed by atoms with van der Waals surface area (Å²) in [4.78, 5) is 14.4. The Morgan fingerprint density at radius 1 is 1.24 bits per heavy atom. The predicted molar refractivity (Wildman–Crippen MR) is 84.6 cm³/mol. The summed E-state index contributed by atoms with van der Waals surface area (Å²) in [5.74, 6) is 0.639. The number of nitrogens with one attached hydrogen (secondary N) is 1. The summed E-state index contributed by atoms with van der Waals surface area (Å²) in [5.41, 5.74) is 3.17. The molecule has 21 heavy (non-hydrogen) atoms. The van der Waals surface area contributed by atoms with E-state index in [0.29, 0.717) is 12.1 Å². The standard InChI is InChI=1S/C17H16N2O2/c1-3-10-19-15-7-5-4-6-13(15)17(20)18-14-9-8-12(21-2)11-16(14)19/h3-9,11H,1,10H2,2H3,(H,18,20). The fourth-order valence-corrected chi connectivity index (χ4v) is 2.51. The van der Waals surface area contributed by atoms with Crippen LogP contribution in [0.5, 0.6) is 5.75 Å². The van der Waals surface area contributed by atoms with Crippen LogP contribution < -0.4 is 15.0 Å². The lowest BCUT2D eigenvalue weighted by Gasteiger charge is -2.24. The Kier molecular flexibility index (Phi) is 3.36. The van der Waals surface area contributed by atoms with Crippen molar-refractivity contribution in [2.75, 3.05) is 23.9 Å². The number of anilines is 3. The van der Waals surface area contributed by atoms with Gasteiger partial charge < -0.3 is 15.0 Å². The average Bonchev–Trinajstić information content (AvgIpc) is 2.63. The first-order chi connectivity index (χ1) is 10.2. The van der Waals surface area contributed by atoms with Gasteiger partial charge in [0.15, 0.2) is 0 Å². The molecular weight excluding hydrogens is 264 g/mol. The molecule has 1 aliphatic heterocycles. The zero-order valence-electron chi connectivity index (χ0n) is 11.8. The van der Waals surface area contributed by atoms with E-state index in [1.807, 2.05) is 48.5 Å². The molecule has 0 aromatic heterocycles. The molecule has 0 spiro atoms. The molecule has 0 atom stereocenters. The molecule has 0 bridgehead atoms. The van der Waals surface area contributed by atoms with Crippen LogP contribution in [0.1, 0.15) is 10.4 Å². The number of para-hydroxylation sites is 1. The van der Waals surface area contributed by atoms with Crippen LogP contribution in [0.15, 0.2) is 55.1 Å². The molecule has 0 aliphatic carbocycles. The number of amides is 1. The van der Waals surface area contributed by atoms with Crippen molar-refractivity contribution in [3.8, 4) is 5.75 Å². The number of hydrogen-bond acceptors (Lipinski definition) is 3. The number of rotatable bonds is 3. The van der Waals surface area contributed by atoms with Crippen molar-refractivity contribution in [1.82, 2.24) is 0 Å². The lowest BCUT2D eigenvalue weighted by Crippen LogP contribution is -2.17. The van der Waals surface area contributed by atoms with E-state index in [4.69, 9.17) is 4.74 Å². The topological polar surface area (TPSA) is 41.6 Å². The van der Waals surface area contributed by atoms with Crippen LogP contribution in [0.3, 0.4) is 0 Å². The minimum Gasteiger partial charge on any atom is -0.497 e. The summed E-state index contributed by atoms with van der Waals surface area (Å²) in [6, 6.07) is 13.2. The van der Waals surface area contributed by atoms with Crippen molar-refractivity contribution in [3.05, 3.63) is 60.7 Å². The second-order valence-corrected chi connectivity index (χ2v) is 4.75. The first-order valence-electron chi connectivity index (χ1n) is 6.71. The first kappa shape index (κ1) is 13.2. The van der Waals surface area contributed by atoms with E-state index in [9.17, 15) is 4.79 Å². The molecule has 0 unspecified atom stereocenters. The molecule has 3 rings (SSSR count). The number of carbonyl (C=O) groups is 1. The maximum Gasteiger partial charge on any atom is 0.257 e. The SMILES string of the molecule is C=CCN1c2cc(OC)ccc2NC(=O)c2ccccc21.